The van der Waals surface area contributed by atoms with Gasteiger partial charge in [0, 0.05) is 19.6 Å². The standard InChI is InChI=1S/C16H30N2O4S/c1-5-6-10-23(20,21)18-9-7-8-14(18)15(19)17-11-13(2)22-16(3,4)12-17/h13-14H,5-12H2,1-4H3. The molecule has 0 saturated carbocycles. The van der Waals surface area contributed by atoms with Gasteiger partial charge in [-0.25, -0.2) is 8.42 Å². The molecular weight excluding hydrogens is 316 g/mol. The Hall–Kier alpha value is -0.660. The van der Waals surface area contributed by atoms with Gasteiger partial charge in [0.2, 0.25) is 15.9 Å². The van der Waals surface area contributed by atoms with Crippen LogP contribution in [0.15, 0.2) is 0 Å². The van der Waals surface area contributed by atoms with Crippen molar-refractivity contribution in [2.45, 2.75) is 71.1 Å². The van der Waals surface area contributed by atoms with Crippen LogP contribution in [0.4, 0.5) is 0 Å². The summed E-state index contributed by atoms with van der Waals surface area (Å²) in [7, 11) is -3.34. The SMILES string of the molecule is CCCCS(=O)(=O)N1CCCC1C(=O)N1CC(C)OC(C)(C)C1. The summed E-state index contributed by atoms with van der Waals surface area (Å²) in [5.74, 6) is 0.0731. The molecule has 2 heterocycles. The molecule has 0 aromatic rings. The van der Waals surface area contributed by atoms with Gasteiger partial charge < -0.3 is 9.64 Å². The predicted molar refractivity (Wildman–Crippen MR) is 89.6 cm³/mol. The van der Waals surface area contributed by atoms with Crippen LogP contribution in [0.1, 0.15) is 53.4 Å². The second-order valence-electron chi connectivity index (χ2n) is 7.35. The Morgan fingerprint density at radius 2 is 2.04 bits per heavy atom. The van der Waals surface area contributed by atoms with Gasteiger partial charge in [0.15, 0.2) is 0 Å². The number of sulfonamides is 1. The lowest BCUT2D eigenvalue weighted by Crippen LogP contribution is -2.58. The Balaban J connectivity index is 2.11. The van der Waals surface area contributed by atoms with Gasteiger partial charge in [0.25, 0.3) is 0 Å². The first-order valence-electron chi connectivity index (χ1n) is 8.62. The molecule has 2 fully saturated rings. The molecule has 1 amide bonds. The summed E-state index contributed by atoms with van der Waals surface area (Å²) in [6, 6.07) is -0.530. The first kappa shape index (κ1) is 18.7. The minimum absolute atomic E-state index is 0.0331. The monoisotopic (exact) mass is 346 g/mol. The number of carbonyl (C=O) groups excluding carboxylic acids is 1. The zero-order valence-corrected chi connectivity index (χ0v) is 15.6. The van der Waals surface area contributed by atoms with Crippen molar-refractivity contribution < 1.29 is 17.9 Å². The Labute approximate surface area is 140 Å². The summed E-state index contributed by atoms with van der Waals surface area (Å²) in [6.07, 6.45) is 2.82. The molecular formula is C16H30N2O4S. The maximum Gasteiger partial charge on any atom is 0.241 e. The lowest BCUT2D eigenvalue weighted by molar-refractivity contribution is -0.160. The van der Waals surface area contributed by atoms with Gasteiger partial charge in [0.05, 0.1) is 17.5 Å². The van der Waals surface area contributed by atoms with E-state index in [4.69, 9.17) is 4.74 Å². The zero-order chi connectivity index (χ0) is 17.3. The Bertz CT molecular complexity index is 532. The molecule has 2 aliphatic heterocycles. The highest BCUT2D eigenvalue weighted by Gasteiger charge is 2.43. The third kappa shape index (κ3) is 4.45. The predicted octanol–water partition coefficient (Wildman–Crippen LogP) is 1.61. The van der Waals surface area contributed by atoms with Crippen LogP contribution in [0.25, 0.3) is 0 Å². The Morgan fingerprint density at radius 3 is 2.65 bits per heavy atom. The van der Waals surface area contributed by atoms with E-state index in [0.717, 1.165) is 12.8 Å². The second kappa shape index (κ2) is 7.07. The molecule has 23 heavy (non-hydrogen) atoms. The lowest BCUT2D eigenvalue weighted by atomic mass is 10.0. The molecule has 0 aromatic carbocycles. The number of rotatable bonds is 5. The van der Waals surface area contributed by atoms with Crippen molar-refractivity contribution in [1.82, 2.24) is 9.21 Å². The molecule has 134 valence electrons. The maximum absolute atomic E-state index is 12.9. The highest BCUT2D eigenvalue weighted by Crippen LogP contribution is 2.27. The van der Waals surface area contributed by atoms with Crippen molar-refractivity contribution in [3.63, 3.8) is 0 Å². The van der Waals surface area contributed by atoms with Gasteiger partial charge in [-0.2, -0.15) is 4.31 Å². The number of nitrogens with zero attached hydrogens (tertiary/aromatic N) is 2. The molecule has 0 spiro atoms. The number of amides is 1. The van der Waals surface area contributed by atoms with Crippen LogP contribution in [0.5, 0.6) is 0 Å². The van der Waals surface area contributed by atoms with E-state index in [0.29, 0.717) is 32.5 Å². The fourth-order valence-electron chi connectivity index (χ4n) is 3.60. The van der Waals surface area contributed by atoms with Crippen LogP contribution >= 0.6 is 0 Å². The van der Waals surface area contributed by atoms with Gasteiger partial charge >= 0.3 is 0 Å². The molecule has 0 radical (unpaired) electrons. The van der Waals surface area contributed by atoms with Gasteiger partial charge in [0.1, 0.15) is 6.04 Å². The summed E-state index contributed by atoms with van der Waals surface area (Å²) in [6.45, 7) is 9.36. The smallest absolute Gasteiger partial charge is 0.241 e. The summed E-state index contributed by atoms with van der Waals surface area (Å²) in [5, 5.41) is 0. The Kier molecular flexibility index (Phi) is 5.74. The fourth-order valence-corrected chi connectivity index (χ4v) is 5.47. The van der Waals surface area contributed by atoms with Crippen molar-refractivity contribution in [2.75, 3.05) is 25.4 Å². The summed E-state index contributed by atoms with van der Waals surface area (Å²) in [5.41, 5.74) is -0.391. The van der Waals surface area contributed by atoms with E-state index < -0.39 is 21.7 Å². The topological polar surface area (TPSA) is 66.9 Å². The van der Waals surface area contributed by atoms with Crippen molar-refractivity contribution >= 4 is 15.9 Å². The highest BCUT2D eigenvalue weighted by atomic mass is 32.2. The largest absolute Gasteiger partial charge is 0.369 e. The van der Waals surface area contributed by atoms with Crippen LogP contribution in [-0.2, 0) is 19.6 Å². The highest BCUT2D eigenvalue weighted by molar-refractivity contribution is 7.89. The lowest BCUT2D eigenvalue weighted by Gasteiger charge is -2.43. The molecule has 2 rings (SSSR count). The maximum atomic E-state index is 12.9. The molecule has 0 aliphatic carbocycles. The molecule has 7 heteroatoms. The Morgan fingerprint density at radius 1 is 1.35 bits per heavy atom. The zero-order valence-electron chi connectivity index (χ0n) is 14.7. The third-order valence-corrected chi connectivity index (χ3v) is 6.44. The van der Waals surface area contributed by atoms with Crippen molar-refractivity contribution in [1.29, 1.82) is 0 Å². The molecule has 0 N–H and O–H groups in total. The quantitative estimate of drug-likeness (QED) is 0.758. The van der Waals surface area contributed by atoms with E-state index >= 15 is 0 Å². The number of hydrogen-bond donors (Lipinski definition) is 0. The van der Waals surface area contributed by atoms with Crippen molar-refractivity contribution in [3.05, 3.63) is 0 Å². The number of carbonyl (C=O) groups is 1. The molecule has 6 nitrogen and oxygen atoms in total. The first-order chi connectivity index (χ1) is 10.7. The van der Waals surface area contributed by atoms with Crippen LogP contribution in [-0.4, -0.2) is 66.7 Å². The van der Waals surface area contributed by atoms with E-state index in [1.807, 2.05) is 27.7 Å². The van der Waals surface area contributed by atoms with Crippen LogP contribution in [0, 0.1) is 0 Å². The minimum atomic E-state index is -3.34. The molecule has 2 saturated heterocycles. The molecule has 0 bridgehead atoms. The van der Waals surface area contributed by atoms with Crippen LogP contribution in [0.2, 0.25) is 0 Å². The summed E-state index contributed by atoms with van der Waals surface area (Å²) in [4.78, 5) is 14.7. The number of unbranched alkanes of at least 4 members (excludes halogenated alkanes) is 1. The van der Waals surface area contributed by atoms with Crippen molar-refractivity contribution in [3.8, 4) is 0 Å². The summed E-state index contributed by atoms with van der Waals surface area (Å²) >= 11 is 0. The average Bonchev–Trinajstić information content (AvgIpc) is 2.92. The average molecular weight is 346 g/mol. The van der Waals surface area contributed by atoms with E-state index in [1.165, 1.54) is 4.31 Å². The van der Waals surface area contributed by atoms with E-state index in [1.54, 1.807) is 4.90 Å². The number of hydrogen-bond acceptors (Lipinski definition) is 4. The molecule has 2 aliphatic rings. The van der Waals surface area contributed by atoms with Gasteiger partial charge in [-0.15, -0.1) is 0 Å². The van der Waals surface area contributed by atoms with Crippen LogP contribution in [0.3, 0.4) is 0 Å². The van der Waals surface area contributed by atoms with Gasteiger partial charge in [-0.05, 0) is 40.0 Å². The first-order valence-corrected chi connectivity index (χ1v) is 10.2. The minimum Gasteiger partial charge on any atom is -0.369 e. The number of ether oxygens (including phenoxy) is 1. The van der Waals surface area contributed by atoms with Crippen LogP contribution < -0.4 is 0 Å². The third-order valence-electron chi connectivity index (χ3n) is 4.48. The second-order valence-corrected chi connectivity index (χ2v) is 9.39. The van der Waals surface area contributed by atoms with Gasteiger partial charge in [-0.1, -0.05) is 13.3 Å². The van der Waals surface area contributed by atoms with Crippen molar-refractivity contribution in [2.24, 2.45) is 0 Å². The van der Waals surface area contributed by atoms with Gasteiger partial charge in [-0.3, -0.25) is 4.79 Å². The molecule has 2 unspecified atom stereocenters. The van der Waals surface area contributed by atoms with E-state index in [2.05, 4.69) is 0 Å². The number of morpholine rings is 1. The normalized spacial score (nSPS) is 29.0. The fraction of sp³-hybridized carbons (Fsp3) is 0.938. The molecule has 0 aromatic heterocycles. The summed E-state index contributed by atoms with van der Waals surface area (Å²) < 4.78 is 32.3. The molecule has 2 atom stereocenters. The van der Waals surface area contributed by atoms with E-state index in [-0.39, 0.29) is 17.8 Å². The van der Waals surface area contributed by atoms with E-state index in [9.17, 15) is 13.2 Å².